The second-order valence-electron chi connectivity index (χ2n) is 8.18. The van der Waals surface area contributed by atoms with Gasteiger partial charge in [0.05, 0.1) is 11.5 Å². The van der Waals surface area contributed by atoms with Gasteiger partial charge in [0.2, 0.25) is 5.91 Å². The van der Waals surface area contributed by atoms with E-state index in [-0.39, 0.29) is 11.8 Å². The van der Waals surface area contributed by atoms with Crippen LogP contribution in [0.1, 0.15) is 53.1 Å². The normalized spacial score (nSPS) is 15.2. The van der Waals surface area contributed by atoms with Gasteiger partial charge in [-0.2, -0.15) is 0 Å². The number of carbonyl (C=O) groups excluding carboxylic acids is 2. The van der Waals surface area contributed by atoms with Gasteiger partial charge in [0.1, 0.15) is 6.04 Å². The summed E-state index contributed by atoms with van der Waals surface area (Å²) in [5.41, 5.74) is 0.928. The van der Waals surface area contributed by atoms with Crippen molar-refractivity contribution in [3.05, 3.63) is 51.2 Å². The number of amides is 2. The molecule has 1 aliphatic carbocycles. The highest BCUT2D eigenvalue weighted by molar-refractivity contribution is 7.14. The van der Waals surface area contributed by atoms with E-state index in [4.69, 9.17) is 16.3 Å². The number of rotatable bonds is 11. The highest BCUT2D eigenvalue weighted by atomic mass is 35.5. The summed E-state index contributed by atoms with van der Waals surface area (Å²) in [7, 11) is 1.60. The molecule has 8 heteroatoms. The van der Waals surface area contributed by atoms with E-state index in [0.717, 1.165) is 23.4 Å². The minimum absolute atomic E-state index is 0.139. The third-order valence-electron chi connectivity index (χ3n) is 5.70. The van der Waals surface area contributed by atoms with Crippen LogP contribution in [-0.2, 0) is 16.1 Å². The molecule has 6 nitrogen and oxygen atoms in total. The molecule has 3 rings (SSSR count). The lowest BCUT2D eigenvalue weighted by Crippen LogP contribution is -2.48. The molecule has 2 amide bonds. The summed E-state index contributed by atoms with van der Waals surface area (Å²) >= 11 is 7.45. The van der Waals surface area contributed by atoms with Gasteiger partial charge in [0.15, 0.2) is 0 Å². The van der Waals surface area contributed by atoms with Gasteiger partial charge in [0, 0.05) is 35.8 Å². The second-order valence-corrected chi connectivity index (χ2v) is 9.78. The van der Waals surface area contributed by atoms with Crippen molar-refractivity contribution in [2.45, 2.75) is 51.1 Å². The maximum atomic E-state index is 12.9. The van der Waals surface area contributed by atoms with Crippen molar-refractivity contribution in [2.75, 3.05) is 25.6 Å². The summed E-state index contributed by atoms with van der Waals surface area (Å²) in [6.45, 7) is 1.48. The number of hydrogen-bond donors (Lipinski definition) is 3. The first-order chi connectivity index (χ1) is 15.5. The molecule has 3 N–H and O–H groups in total. The summed E-state index contributed by atoms with van der Waals surface area (Å²) in [6, 6.07) is 10.8. The molecule has 0 spiro atoms. The van der Waals surface area contributed by atoms with Crippen molar-refractivity contribution in [1.82, 2.24) is 10.6 Å². The summed E-state index contributed by atoms with van der Waals surface area (Å²) in [4.78, 5) is 27.3. The first kappa shape index (κ1) is 24.6. The molecule has 0 radical (unpaired) electrons. The Morgan fingerprint density at radius 2 is 2.00 bits per heavy atom. The first-order valence-electron chi connectivity index (χ1n) is 11.2. The molecular formula is C24H32ClN3O3S. The Kier molecular flexibility index (Phi) is 9.84. The van der Waals surface area contributed by atoms with Gasteiger partial charge in [-0.1, -0.05) is 49.8 Å². The highest BCUT2D eigenvalue weighted by Gasteiger charge is 2.26. The zero-order valence-electron chi connectivity index (χ0n) is 18.5. The number of benzene rings is 1. The van der Waals surface area contributed by atoms with Gasteiger partial charge in [-0.15, -0.1) is 11.3 Å². The number of thiophene rings is 1. The van der Waals surface area contributed by atoms with Crippen LogP contribution in [0, 0.1) is 5.92 Å². The molecule has 174 valence electrons. The van der Waals surface area contributed by atoms with E-state index in [1.807, 2.05) is 36.4 Å². The fraction of sp³-hybridized carbons (Fsp3) is 0.500. The molecule has 1 aromatic heterocycles. The van der Waals surface area contributed by atoms with Crippen LogP contribution in [0.4, 0.5) is 5.69 Å². The summed E-state index contributed by atoms with van der Waals surface area (Å²) < 4.78 is 5.02. The molecule has 2 aromatic rings. The van der Waals surface area contributed by atoms with E-state index in [2.05, 4.69) is 16.0 Å². The average molecular weight is 478 g/mol. The van der Waals surface area contributed by atoms with Gasteiger partial charge >= 0.3 is 0 Å². The molecule has 32 heavy (non-hydrogen) atoms. The number of methoxy groups -OCH3 is 1. The molecule has 1 heterocycles. The Morgan fingerprint density at radius 3 is 2.75 bits per heavy atom. The summed E-state index contributed by atoms with van der Waals surface area (Å²) in [5, 5.41) is 9.85. The Hall–Kier alpha value is -2.09. The number of hydrogen-bond acceptors (Lipinski definition) is 5. The number of ether oxygens (including phenoxy) is 1. The van der Waals surface area contributed by atoms with Crippen molar-refractivity contribution in [1.29, 1.82) is 0 Å². The molecule has 1 aliphatic rings. The Bertz CT molecular complexity index is 883. The second kappa shape index (κ2) is 12.8. The van der Waals surface area contributed by atoms with Crippen LogP contribution in [0.15, 0.2) is 36.4 Å². The lowest BCUT2D eigenvalue weighted by Gasteiger charge is -2.26. The molecule has 1 aromatic carbocycles. The Balaban J connectivity index is 1.58. The molecule has 1 saturated carbocycles. The first-order valence-corrected chi connectivity index (χ1v) is 12.4. The summed E-state index contributed by atoms with van der Waals surface area (Å²) in [6.07, 6.45) is 6.58. The van der Waals surface area contributed by atoms with Crippen LogP contribution < -0.4 is 16.0 Å². The predicted octanol–water partition coefficient (Wildman–Crippen LogP) is 4.85. The standard InChI is InChI=1S/C24H32ClN3O3S/c1-31-13-12-26-23(29)21(14-17-6-3-2-4-7-17)28-24(30)22-11-10-20(32-22)16-27-19-9-5-8-18(25)15-19/h5,8-11,15,17,21,27H,2-4,6-7,12-14,16H2,1H3,(H,26,29)(H,28,30). The van der Waals surface area contributed by atoms with Crippen molar-refractivity contribution >= 4 is 40.4 Å². The number of anilines is 1. The average Bonchev–Trinajstić information content (AvgIpc) is 3.27. The SMILES string of the molecule is COCCNC(=O)C(CC1CCCCC1)NC(=O)c1ccc(CNc2cccc(Cl)c2)s1. The van der Waals surface area contributed by atoms with Crippen molar-refractivity contribution < 1.29 is 14.3 Å². The highest BCUT2D eigenvalue weighted by Crippen LogP contribution is 2.28. The van der Waals surface area contributed by atoms with Gasteiger partial charge in [0.25, 0.3) is 5.91 Å². The molecule has 0 saturated heterocycles. The van der Waals surface area contributed by atoms with Crippen molar-refractivity contribution in [3.63, 3.8) is 0 Å². The lowest BCUT2D eigenvalue weighted by atomic mass is 9.84. The fourth-order valence-electron chi connectivity index (χ4n) is 4.00. The fourth-order valence-corrected chi connectivity index (χ4v) is 5.04. The predicted molar refractivity (Wildman–Crippen MR) is 130 cm³/mol. The number of halogens is 1. The van der Waals surface area contributed by atoms with E-state index in [9.17, 15) is 9.59 Å². The largest absolute Gasteiger partial charge is 0.383 e. The minimum Gasteiger partial charge on any atom is -0.383 e. The van der Waals surface area contributed by atoms with E-state index >= 15 is 0 Å². The molecule has 1 atom stereocenters. The number of nitrogens with one attached hydrogen (secondary N) is 3. The van der Waals surface area contributed by atoms with Crippen LogP contribution in [0.25, 0.3) is 0 Å². The van der Waals surface area contributed by atoms with Crippen LogP contribution >= 0.6 is 22.9 Å². The Labute approximate surface area is 199 Å². The van der Waals surface area contributed by atoms with Crippen LogP contribution in [0.2, 0.25) is 5.02 Å². The zero-order chi connectivity index (χ0) is 22.8. The van der Waals surface area contributed by atoms with E-state index in [0.29, 0.717) is 41.9 Å². The Morgan fingerprint density at radius 1 is 1.19 bits per heavy atom. The van der Waals surface area contributed by atoms with Crippen LogP contribution in [-0.4, -0.2) is 38.1 Å². The minimum atomic E-state index is -0.530. The maximum absolute atomic E-state index is 12.9. The van der Waals surface area contributed by atoms with Gasteiger partial charge < -0.3 is 20.7 Å². The monoisotopic (exact) mass is 477 g/mol. The van der Waals surface area contributed by atoms with Gasteiger partial charge in [-0.25, -0.2) is 0 Å². The third-order valence-corrected chi connectivity index (χ3v) is 7.02. The van der Waals surface area contributed by atoms with Crippen LogP contribution in [0.5, 0.6) is 0 Å². The maximum Gasteiger partial charge on any atom is 0.262 e. The molecule has 0 aliphatic heterocycles. The van der Waals surface area contributed by atoms with Crippen LogP contribution in [0.3, 0.4) is 0 Å². The van der Waals surface area contributed by atoms with E-state index in [1.165, 1.54) is 30.6 Å². The van der Waals surface area contributed by atoms with Crippen molar-refractivity contribution in [3.8, 4) is 0 Å². The molecular weight excluding hydrogens is 446 g/mol. The van der Waals surface area contributed by atoms with Gasteiger partial charge in [-0.05, 0) is 42.7 Å². The topological polar surface area (TPSA) is 79.5 Å². The third kappa shape index (κ3) is 7.80. The molecule has 1 fully saturated rings. The quantitative estimate of drug-likeness (QED) is 0.404. The lowest BCUT2D eigenvalue weighted by molar-refractivity contribution is -0.123. The van der Waals surface area contributed by atoms with Gasteiger partial charge in [-0.3, -0.25) is 9.59 Å². The van der Waals surface area contributed by atoms with E-state index < -0.39 is 6.04 Å². The summed E-state index contributed by atoms with van der Waals surface area (Å²) in [5.74, 6) is 0.134. The zero-order valence-corrected chi connectivity index (χ0v) is 20.1. The number of carbonyl (C=O) groups is 2. The molecule has 1 unspecified atom stereocenters. The smallest absolute Gasteiger partial charge is 0.262 e. The molecule has 0 bridgehead atoms. The van der Waals surface area contributed by atoms with Crippen molar-refractivity contribution in [2.24, 2.45) is 5.92 Å². The van der Waals surface area contributed by atoms with E-state index in [1.54, 1.807) is 7.11 Å².